The molecule has 1 aromatic carbocycles. The topological polar surface area (TPSA) is 32.3 Å². The molecule has 1 unspecified atom stereocenters. The molecular formula is C15H20BrFN2O. The summed E-state index contributed by atoms with van der Waals surface area (Å²) in [6, 6.07) is 4.88. The van der Waals surface area contributed by atoms with Crippen molar-refractivity contribution in [2.75, 3.05) is 19.6 Å². The predicted molar refractivity (Wildman–Crippen MR) is 81.2 cm³/mol. The summed E-state index contributed by atoms with van der Waals surface area (Å²) in [6.07, 6.45) is 1.12. The van der Waals surface area contributed by atoms with Crippen molar-refractivity contribution in [3.63, 3.8) is 0 Å². The van der Waals surface area contributed by atoms with E-state index in [0.29, 0.717) is 28.5 Å². The maximum absolute atomic E-state index is 13.1. The molecule has 0 saturated carbocycles. The van der Waals surface area contributed by atoms with Crippen molar-refractivity contribution in [1.82, 2.24) is 10.2 Å². The molecule has 1 aliphatic heterocycles. The molecule has 0 spiro atoms. The van der Waals surface area contributed by atoms with Crippen molar-refractivity contribution in [3.05, 3.63) is 34.1 Å². The molecule has 1 saturated heterocycles. The lowest BCUT2D eigenvalue weighted by atomic mass is 10.1. The molecule has 2 rings (SSSR count). The number of rotatable bonds is 4. The third-order valence-electron chi connectivity index (χ3n) is 3.78. The van der Waals surface area contributed by atoms with E-state index in [9.17, 15) is 9.18 Å². The Kier molecular flexibility index (Phi) is 5.16. The van der Waals surface area contributed by atoms with Crippen LogP contribution in [0.3, 0.4) is 0 Å². The van der Waals surface area contributed by atoms with Crippen LogP contribution in [0.2, 0.25) is 0 Å². The first-order chi connectivity index (χ1) is 9.47. The van der Waals surface area contributed by atoms with Gasteiger partial charge in [-0.25, -0.2) is 4.39 Å². The van der Waals surface area contributed by atoms with E-state index >= 15 is 0 Å². The first-order valence-corrected chi connectivity index (χ1v) is 7.74. The standard InChI is InChI=1S/C15H20BrFN2O/c1-10(2)19-6-5-11(9-19)8-18-15(20)12-3-4-14(17)13(16)7-12/h3-4,7,10-11H,5-6,8-9H2,1-2H3,(H,18,20). The van der Waals surface area contributed by atoms with Crippen LogP contribution in [0.1, 0.15) is 30.6 Å². The highest BCUT2D eigenvalue weighted by Gasteiger charge is 2.24. The maximum atomic E-state index is 13.1. The Morgan fingerprint density at radius 3 is 2.90 bits per heavy atom. The van der Waals surface area contributed by atoms with E-state index in [-0.39, 0.29) is 11.7 Å². The first kappa shape index (κ1) is 15.4. The second-order valence-electron chi connectivity index (χ2n) is 5.58. The van der Waals surface area contributed by atoms with Crippen LogP contribution in [0, 0.1) is 11.7 Å². The van der Waals surface area contributed by atoms with E-state index in [0.717, 1.165) is 19.5 Å². The zero-order valence-corrected chi connectivity index (χ0v) is 13.4. The zero-order valence-electron chi connectivity index (χ0n) is 11.8. The third-order valence-corrected chi connectivity index (χ3v) is 4.39. The van der Waals surface area contributed by atoms with Gasteiger partial charge in [-0.3, -0.25) is 4.79 Å². The minimum atomic E-state index is -0.357. The molecule has 1 aliphatic rings. The summed E-state index contributed by atoms with van der Waals surface area (Å²) in [4.78, 5) is 14.4. The number of hydrogen-bond acceptors (Lipinski definition) is 2. The second-order valence-corrected chi connectivity index (χ2v) is 6.44. The number of amides is 1. The van der Waals surface area contributed by atoms with Crippen LogP contribution in [0.5, 0.6) is 0 Å². The lowest BCUT2D eigenvalue weighted by molar-refractivity contribution is 0.0947. The second kappa shape index (κ2) is 6.68. The molecule has 1 atom stereocenters. The summed E-state index contributed by atoms with van der Waals surface area (Å²) >= 11 is 3.09. The molecule has 110 valence electrons. The highest BCUT2D eigenvalue weighted by atomic mass is 79.9. The fraction of sp³-hybridized carbons (Fsp3) is 0.533. The summed E-state index contributed by atoms with van der Waals surface area (Å²) in [6.45, 7) is 7.19. The molecule has 3 nitrogen and oxygen atoms in total. The van der Waals surface area contributed by atoms with Gasteiger partial charge < -0.3 is 10.2 Å². The number of halogens is 2. The Morgan fingerprint density at radius 2 is 2.30 bits per heavy atom. The summed E-state index contributed by atoms with van der Waals surface area (Å²) in [5.74, 6) is 0.00357. The average Bonchev–Trinajstić information content (AvgIpc) is 2.88. The monoisotopic (exact) mass is 342 g/mol. The summed E-state index contributed by atoms with van der Waals surface area (Å²) in [7, 11) is 0. The van der Waals surface area contributed by atoms with Gasteiger partial charge >= 0.3 is 0 Å². The number of likely N-dealkylation sites (tertiary alicyclic amines) is 1. The van der Waals surface area contributed by atoms with E-state index in [1.807, 2.05) is 0 Å². The molecule has 0 aliphatic carbocycles. The molecule has 0 bridgehead atoms. The molecule has 1 fully saturated rings. The van der Waals surface area contributed by atoms with E-state index in [4.69, 9.17) is 0 Å². The van der Waals surface area contributed by atoms with Crippen molar-refractivity contribution in [3.8, 4) is 0 Å². The Morgan fingerprint density at radius 1 is 1.55 bits per heavy atom. The number of carbonyl (C=O) groups is 1. The minimum Gasteiger partial charge on any atom is -0.352 e. The van der Waals surface area contributed by atoms with Gasteiger partial charge in [0, 0.05) is 24.7 Å². The Labute approximate surface area is 127 Å². The van der Waals surface area contributed by atoms with Gasteiger partial charge in [-0.2, -0.15) is 0 Å². The van der Waals surface area contributed by atoms with Gasteiger partial charge in [0.05, 0.1) is 4.47 Å². The molecule has 0 aromatic heterocycles. The number of hydrogen-bond donors (Lipinski definition) is 1. The average molecular weight is 343 g/mol. The van der Waals surface area contributed by atoms with E-state index in [2.05, 4.69) is 40.0 Å². The largest absolute Gasteiger partial charge is 0.352 e. The van der Waals surface area contributed by atoms with E-state index in [1.54, 1.807) is 0 Å². The van der Waals surface area contributed by atoms with Crippen LogP contribution < -0.4 is 5.32 Å². The quantitative estimate of drug-likeness (QED) is 0.911. The van der Waals surface area contributed by atoms with Gasteiger partial charge in [0.15, 0.2) is 0 Å². The molecule has 1 aromatic rings. The Hall–Kier alpha value is -0.940. The van der Waals surface area contributed by atoms with Gasteiger partial charge in [-0.15, -0.1) is 0 Å². The van der Waals surface area contributed by atoms with Crippen molar-refractivity contribution in [2.45, 2.75) is 26.3 Å². The van der Waals surface area contributed by atoms with Gasteiger partial charge in [0.25, 0.3) is 5.91 Å². The SMILES string of the molecule is CC(C)N1CCC(CNC(=O)c2ccc(F)c(Br)c2)C1. The van der Waals surface area contributed by atoms with E-state index < -0.39 is 0 Å². The van der Waals surface area contributed by atoms with Crippen LogP contribution in [-0.4, -0.2) is 36.5 Å². The normalized spacial score (nSPS) is 19.6. The van der Waals surface area contributed by atoms with Crippen molar-refractivity contribution < 1.29 is 9.18 Å². The Bertz CT molecular complexity index is 493. The van der Waals surface area contributed by atoms with Crippen LogP contribution in [0.25, 0.3) is 0 Å². The lowest BCUT2D eigenvalue weighted by Crippen LogP contribution is -2.33. The number of benzene rings is 1. The lowest BCUT2D eigenvalue weighted by Gasteiger charge is -2.20. The minimum absolute atomic E-state index is 0.145. The summed E-state index contributed by atoms with van der Waals surface area (Å²) in [5, 5.41) is 2.94. The van der Waals surface area contributed by atoms with Crippen LogP contribution in [0.15, 0.2) is 22.7 Å². The summed E-state index contributed by atoms with van der Waals surface area (Å²) < 4.78 is 13.4. The van der Waals surface area contributed by atoms with Crippen molar-refractivity contribution in [1.29, 1.82) is 0 Å². The van der Waals surface area contributed by atoms with Gasteiger partial charge in [0.2, 0.25) is 0 Å². The maximum Gasteiger partial charge on any atom is 0.251 e. The number of nitrogens with zero attached hydrogens (tertiary/aromatic N) is 1. The molecule has 1 N–H and O–H groups in total. The Balaban J connectivity index is 1.85. The van der Waals surface area contributed by atoms with Crippen LogP contribution in [-0.2, 0) is 0 Å². The third kappa shape index (κ3) is 3.79. The van der Waals surface area contributed by atoms with Gasteiger partial charge in [-0.1, -0.05) is 0 Å². The predicted octanol–water partition coefficient (Wildman–Crippen LogP) is 3.05. The highest BCUT2D eigenvalue weighted by molar-refractivity contribution is 9.10. The fourth-order valence-corrected chi connectivity index (χ4v) is 2.85. The van der Waals surface area contributed by atoms with Crippen molar-refractivity contribution >= 4 is 21.8 Å². The molecule has 0 radical (unpaired) electrons. The number of carbonyl (C=O) groups excluding carboxylic acids is 1. The highest BCUT2D eigenvalue weighted by Crippen LogP contribution is 2.19. The van der Waals surface area contributed by atoms with Gasteiger partial charge in [0.1, 0.15) is 5.82 Å². The number of nitrogens with one attached hydrogen (secondary N) is 1. The first-order valence-electron chi connectivity index (χ1n) is 6.94. The molecule has 1 amide bonds. The molecular weight excluding hydrogens is 323 g/mol. The van der Waals surface area contributed by atoms with Crippen molar-refractivity contribution in [2.24, 2.45) is 5.92 Å². The van der Waals surface area contributed by atoms with Crippen LogP contribution >= 0.6 is 15.9 Å². The van der Waals surface area contributed by atoms with Gasteiger partial charge in [-0.05, 0) is 66.9 Å². The zero-order chi connectivity index (χ0) is 14.7. The summed E-state index contributed by atoms with van der Waals surface area (Å²) in [5.41, 5.74) is 0.483. The molecule has 1 heterocycles. The van der Waals surface area contributed by atoms with E-state index in [1.165, 1.54) is 18.2 Å². The molecule has 20 heavy (non-hydrogen) atoms. The fourth-order valence-electron chi connectivity index (χ4n) is 2.47. The van der Waals surface area contributed by atoms with Crippen LogP contribution in [0.4, 0.5) is 4.39 Å². The molecule has 5 heteroatoms. The smallest absolute Gasteiger partial charge is 0.251 e.